The number of benzene rings is 1. The fourth-order valence-electron chi connectivity index (χ4n) is 2.27. The number of amides is 1. The molecule has 0 aliphatic carbocycles. The molecule has 0 heterocycles. The van der Waals surface area contributed by atoms with Crippen molar-refractivity contribution in [3.8, 4) is 0 Å². The molecule has 0 saturated carbocycles. The summed E-state index contributed by atoms with van der Waals surface area (Å²) in [4.78, 5) is 23.6. The lowest BCUT2D eigenvalue weighted by Gasteiger charge is -2.24. The molecule has 0 radical (unpaired) electrons. The van der Waals surface area contributed by atoms with Crippen molar-refractivity contribution in [3.05, 3.63) is 29.3 Å². The molecule has 0 aromatic heterocycles. The summed E-state index contributed by atoms with van der Waals surface area (Å²) in [6.07, 6.45) is 1.16. The largest absolute Gasteiger partial charge is 0.345 e. The maximum atomic E-state index is 12.5. The van der Waals surface area contributed by atoms with E-state index < -0.39 is 28.0 Å². The highest BCUT2D eigenvalue weighted by molar-refractivity contribution is 7.89. The van der Waals surface area contributed by atoms with Gasteiger partial charge in [0.05, 0.1) is 10.9 Å². The highest BCUT2D eigenvalue weighted by atomic mass is 35.5. The molecule has 0 aliphatic heterocycles. The van der Waals surface area contributed by atoms with E-state index in [0.717, 1.165) is 0 Å². The molecule has 8 heteroatoms. The standard InChI is InChI=1S/C17H25ClN2O4S/c1-11(2)9-14(10-21)19-17(22)16(12(3)4)20-25(23,24)15-7-5-13(18)6-8-15/h5-8,10-12,14,16,20H,9H2,1-4H3,(H,19,22)/t14-,16-/m0/s1. The van der Waals surface area contributed by atoms with Gasteiger partial charge >= 0.3 is 0 Å². The van der Waals surface area contributed by atoms with Crippen molar-refractivity contribution < 1.29 is 18.0 Å². The van der Waals surface area contributed by atoms with Gasteiger partial charge in [0, 0.05) is 5.02 Å². The Hall–Kier alpha value is -1.44. The van der Waals surface area contributed by atoms with Gasteiger partial charge in [0.25, 0.3) is 0 Å². The number of rotatable bonds is 9. The second-order valence-corrected chi connectivity index (χ2v) is 8.83. The first-order valence-electron chi connectivity index (χ1n) is 8.10. The Morgan fingerprint density at radius 3 is 2.16 bits per heavy atom. The van der Waals surface area contributed by atoms with Crippen molar-refractivity contribution in [1.82, 2.24) is 10.0 Å². The zero-order chi connectivity index (χ0) is 19.2. The van der Waals surface area contributed by atoms with Gasteiger partial charge in [0.15, 0.2) is 0 Å². The Kier molecular flexibility index (Phi) is 8.05. The fourth-order valence-corrected chi connectivity index (χ4v) is 3.74. The second kappa shape index (κ2) is 9.31. The predicted octanol–water partition coefficient (Wildman–Crippen LogP) is 2.37. The average molecular weight is 389 g/mol. The second-order valence-electron chi connectivity index (χ2n) is 6.68. The molecular formula is C17H25ClN2O4S. The molecule has 140 valence electrons. The van der Waals surface area contributed by atoms with Gasteiger partial charge in [0.1, 0.15) is 12.3 Å². The molecule has 0 saturated heterocycles. The summed E-state index contributed by atoms with van der Waals surface area (Å²) in [5.41, 5.74) is 0. The summed E-state index contributed by atoms with van der Waals surface area (Å²) in [6.45, 7) is 7.33. The van der Waals surface area contributed by atoms with Crippen molar-refractivity contribution >= 4 is 33.8 Å². The van der Waals surface area contributed by atoms with Crippen LogP contribution in [0.4, 0.5) is 0 Å². The van der Waals surface area contributed by atoms with Crippen molar-refractivity contribution in [2.45, 2.75) is 51.1 Å². The molecule has 1 aromatic rings. The minimum absolute atomic E-state index is 0.0180. The highest BCUT2D eigenvalue weighted by Crippen LogP contribution is 2.16. The Balaban J connectivity index is 2.94. The van der Waals surface area contributed by atoms with E-state index in [9.17, 15) is 18.0 Å². The zero-order valence-corrected chi connectivity index (χ0v) is 16.4. The minimum atomic E-state index is -3.89. The molecule has 6 nitrogen and oxygen atoms in total. The van der Waals surface area contributed by atoms with E-state index in [4.69, 9.17) is 11.6 Å². The van der Waals surface area contributed by atoms with Crippen LogP contribution in [0.15, 0.2) is 29.2 Å². The third-order valence-corrected chi connectivity index (χ3v) is 5.28. The van der Waals surface area contributed by atoms with E-state index in [1.807, 2.05) is 13.8 Å². The average Bonchev–Trinajstić information content (AvgIpc) is 2.51. The smallest absolute Gasteiger partial charge is 0.241 e. The van der Waals surface area contributed by atoms with E-state index in [-0.39, 0.29) is 16.7 Å². The molecule has 0 unspecified atom stereocenters. The van der Waals surface area contributed by atoms with Crippen LogP contribution in [0.1, 0.15) is 34.1 Å². The number of nitrogens with one attached hydrogen (secondary N) is 2. The lowest BCUT2D eigenvalue weighted by molar-refractivity contribution is -0.126. The van der Waals surface area contributed by atoms with Crippen molar-refractivity contribution in [1.29, 1.82) is 0 Å². The van der Waals surface area contributed by atoms with Crippen LogP contribution in [0, 0.1) is 11.8 Å². The van der Waals surface area contributed by atoms with Crippen molar-refractivity contribution in [3.63, 3.8) is 0 Å². The molecule has 25 heavy (non-hydrogen) atoms. The predicted molar refractivity (Wildman–Crippen MR) is 97.8 cm³/mol. The monoisotopic (exact) mass is 388 g/mol. The summed E-state index contributed by atoms with van der Waals surface area (Å²) < 4.78 is 27.4. The van der Waals surface area contributed by atoms with Crippen LogP contribution in [-0.2, 0) is 19.6 Å². The van der Waals surface area contributed by atoms with Crippen LogP contribution >= 0.6 is 11.6 Å². The topological polar surface area (TPSA) is 92.3 Å². The SMILES string of the molecule is CC(C)C[C@@H](C=O)NC(=O)[C@@H](NS(=O)(=O)c1ccc(Cl)cc1)C(C)C. The quantitative estimate of drug-likeness (QED) is 0.635. The number of hydrogen-bond donors (Lipinski definition) is 2. The molecule has 0 aliphatic rings. The lowest BCUT2D eigenvalue weighted by Crippen LogP contribution is -2.52. The summed E-state index contributed by atoms with van der Waals surface area (Å²) in [6, 6.07) is 4.03. The molecule has 0 spiro atoms. The van der Waals surface area contributed by atoms with E-state index in [1.54, 1.807) is 13.8 Å². The first kappa shape index (κ1) is 21.6. The number of carbonyl (C=O) groups is 2. The summed E-state index contributed by atoms with van der Waals surface area (Å²) in [7, 11) is -3.89. The third kappa shape index (κ3) is 6.76. The van der Waals surface area contributed by atoms with Crippen LogP contribution < -0.4 is 10.0 Å². The van der Waals surface area contributed by atoms with E-state index in [0.29, 0.717) is 17.7 Å². The third-order valence-electron chi connectivity index (χ3n) is 3.57. The van der Waals surface area contributed by atoms with Gasteiger partial charge in [-0.2, -0.15) is 4.72 Å². The molecule has 2 atom stereocenters. The molecule has 1 amide bonds. The molecule has 0 fully saturated rings. The normalized spacial score (nSPS) is 14.4. The Labute approximate surface area is 154 Å². The summed E-state index contributed by atoms with van der Waals surface area (Å²) in [5, 5.41) is 3.02. The lowest BCUT2D eigenvalue weighted by atomic mass is 10.0. The van der Waals surface area contributed by atoms with Crippen molar-refractivity contribution in [2.24, 2.45) is 11.8 Å². The Morgan fingerprint density at radius 2 is 1.72 bits per heavy atom. The number of hydrogen-bond acceptors (Lipinski definition) is 4. The van der Waals surface area contributed by atoms with Crippen LogP contribution in [0.5, 0.6) is 0 Å². The number of sulfonamides is 1. The summed E-state index contributed by atoms with van der Waals surface area (Å²) in [5.74, 6) is -0.600. The first-order valence-corrected chi connectivity index (χ1v) is 9.96. The van der Waals surface area contributed by atoms with Crippen molar-refractivity contribution in [2.75, 3.05) is 0 Å². The molecule has 1 aromatic carbocycles. The van der Waals surface area contributed by atoms with Crippen LogP contribution in [-0.4, -0.2) is 32.7 Å². The van der Waals surface area contributed by atoms with E-state index >= 15 is 0 Å². The number of carbonyl (C=O) groups excluding carboxylic acids is 2. The summed E-state index contributed by atoms with van der Waals surface area (Å²) >= 11 is 5.77. The number of aldehydes is 1. The maximum absolute atomic E-state index is 12.5. The van der Waals surface area contributed by atoms with Crippen LogP contribution in [0.3, 0.4) is 0 Å². The highest BCUT2D eigenvalue weighted by Gasteiger charge is 2.29. The van der Waals surface area contributed by atoms with Crippen LogP contribution in [0.2, 0.25) is 5.02 Å². The Bertz CT molecular complexity index is 687. The van der Waals surface area contributed by atoms with Gasteiger partial charge in [-0.15, -0.1) is 0 Å². The zero-order valence-electron chi connectivity index (χ0n) is 14.8. The van der Waals surface area contributed by atoms with Gasteiger partial charge in [0.2, 0.25) is 15.9 Å². The first-order chi connectivity index (χ1) is 11.6. The number of halogens is 1. The van der Waals surface area contributed by atoms with Gasteiger partial charge in [-0.3, -0.25) is 4.79 Å². The molecule has 0 bridgehead atoms. The van der Waals surface area contributed by atoms with Gasteiger partial charge in [-0.1, -0.05) is 39.3 Å². The molecular weight excluding hydrogens is 364 g/mol. The van der Waals surface area contributed by atoms with E-state index in [2.05, 4.69) is 10.0 Å². The minimum Gasteiger partial charge on any atom is -0.345 e. The van der Waals surface area contributed by atoms with Gasteiger partial charge in [-0.25, -0.2) is 8.42 Å². The van der Waals surface area contributed by atoms with E-state index in [1.165, 1.54) is 24.3 Å². The Morgan fingerprint density at radius 1 is 1.16 bits per heavy atom. The molecule has 1 rings (SSSR count). The van der Waals surface area contributed by atoms with Gasteiger partial charge in [-0.05, 0) is 42.5 Å². The van der Waals surface area contributed by atoms with Crippen LogP contribution in [0.25, 0.3) is 0 Å². The molecule has 2 N–H and O–H groups in total. The maximum Gasteiger partial charge on any atom is 0.241 e. The van der Waals surface area contributed by atoms with Gasteiger partial charge < -0.3 is 10.1 Å². The fraction of sp³-hybridized carbons (Fsp3) is 0.529.